The number of pyridine rings is 1. The van der Waals surface area contributed by atoms with Crippen molar-refractivity contribution in [3.63, 3.8) is 0 Å². The molecular weight excluding hydrogens is 210 g/mol. The Hall–Kier alpha value is -2.50. The standard InChI is InChI=1S/C10H7N3O3/c14-9(6-1-3-11-4-2-6)7-5-8(10(15)16)13-12-7/h1-5H,(H,12,13)(H,15,16). The second-order valence-electron chi connectivity index (χ2n) is 3.04. The summed E-state index contributed by atoms with van der Waals surface area (Å²) in [6.45, 7) is 0. The van der Waals surface area contributed by atoms with Crippen LogP contribution in [-0.4, -0.2) is 32.0 Å². The summed E-state index contributed by atoms with van der Waals surface area (Å²) >= 11 is 0. The number of aromatic carboxylic acids is 1. The van der Waals surface area contributed by atoms with Gasteiger partial charge in [0.15, 0.2) is 0 Å². The van der Waals surface area contributed by atoms with Gasteiger partial charge < -0.3 is 5.11 Å². The number of ketones is 1. The number of aromatic amines is 1. The molecule has 2 rings (SSSR count). The lowest BCUT2D eigenvalue weighted by Crippen LogP contribution is -2.01. The monoisotopic (exact) mass is 217 g/mol. The van der Waals surface area contributed by atoms with Crippen molar-refractivity contribution < 1.29 is 14.7 Å². The molecule has 0 aromatic carbocycles. The van der Waals surface area contributed by atoms with Crippen molar-refractivity contribution in [2.24, 2.45) is 0 Å². The zero-order valence-electron chi connectivity index (χ0n) is 8.04. The van der Waals surface area contributed by atoms with E-state index in [9.17, 15) is 9.59 Å². The zero-order chi connectivity index (χ0) is 11.5. The first-order valence-corrected chi connectivity index (χ1v) is 4.42. The first-order valence-electron chi connectivity index (χ1n) is 4.42. The lowest BCUT2D eigenvalue weighted by molar-refractivity contribution is 0.0690. The van der Waals surface area contributed by atoms with Gasteiger partial charge in [0.2, 0.25) is 5.78 Å². The second kappa shape index (κ2) is 3.93. The van der Waals surface area contributed by atoms with Crippen LogP contribution in [0.3, 0.4) is 0 Å². The predicted molar refractivity (Wildman–Crippen MR) is 53.2 cm³/mol. The van der Waals surface area contributed by atoms with Crippen LogP contribution in [0.1, 0.15) is 26.5 Å². The number of carboxylic acid groups (broad SMARTS) is 1. The number of carbonyl (C=O) groups is 2. The molecule has 2 aromatic rings. The molecule has 0 saturated carbocycles. The molecule has 0 saturated heterocycles. The fourth-order valence-corrected chi connectivity index (χ4v) is 1.20. The van der Waals surface area contributed by atoms with Crippen molar-refractivity contribution >= 4 is 11.8 Å². The van der Waals surface area contributed by atoms with Gasteiger partial charge >= 0.3 is 5.97 Å². The second-order valence-corrected chi connectivity index (χ2v) is 3.04. The van der Waals surface area contributed by atoms with Crippen LogP contribution in [0, 0.1) is 0 Å². The van der Waals surface area contributed by atoms with Gasteiger partial charge in [0.25, 0.3) is 0 Å². The number of hydrogen-bond donors (Lipinski definition) is 2. The maximum Gasteiger partial charge on any atom is 0.353 e. The van der Waals surface area contributed by atoms with Crippen LogP contribution < -0.4 is 0 Å². The Labute approximate surface area is 90.0 Å². The number of aromatic nitrogens is 3. The summed E-state index contributed by atoms with van der Waals surface area (Å²) in [5, 5.41) is 14.6. The summed E-state index contributed by atoms with van der Waals surface area (Å²) < 4.78 is 0. The average Bonchev–Trinajstić information content (AvgIpc) is 2.78. The highest BCUT2D eigenvalue weighted by Gasteiger charge is 2.15. The summed E-state index contributed by atoms with van der Waals surface area (Å²) in [7, 11) is 0. The molecule has 0 atom stereocenters. The van der Waals surface area contributed by atoms with E-state index in [0.29, 0.717) is 5.56 Å². The van der Waals surface area contributed by atoms with Crippen molar-refractivity contribution in [2.75, 3.05) is 0 Å². The molecule has 0 spiro atoms. The maximum absolute atomic E-state index is 11.8. The van der Waals surface area contributed by atoms with Gasteiger partial charge in [0.1, 0.15) is 11.4 Å². The first kappa shape index (κ1) is 10.0. The highest BCUT2D eigenvalue weighted by molar-refractivity contribution is 6.08. The van der Waals surface area contributed by atoms with E-state index in [1.54, 1.807) is 0 Å². The van der Waals surface area contributed by atoms with Crippen LogP contribution in [0.5, 0.6) is 0 Å². The smallest absolute Gasteiger partial charge is 0.353 e. The van der Waals surface area contributed by atoms with E-state index in [2.05, 4.69) is 15.2 Å². The fraction of sp³-hybridized carbons (Fsp3) is 0. The molecule has 0 aliphatic carbocycles. The number of nitrogens with zero attached hydrogens (tertiary/aromatic N) is 2. The quantitative estimate of drug-likeness (QED) is 0.739. The summed E-state index contributed by atoms with van der Waals surface area (Å²) in [5.74, 6) is -1.49. The maximum atomic E-state index is 11.8. The number of hydrogen-bond acceptors (Lipinski definition) is 4. The highest BCUT2D eigenvalue weighted by Crippen LogP contribution is 2.07. The number of carboxylic acids is 1. The molecule has 0 bridgehead atoms. The van der Waals surface area contributed by atoms with Gasteiger partial charge in [0, 0.05) is 24.0 Å². The summed E-state index contributed by atoms with van der Waals surface area (Å²) in [5.41, 5.74) is 0.374. The molecule has 0 radical (unpaired) electrons. The van der Waals surface area contributed by atoms with Crippen molar-refractivity contribution in [3.8, 4) is 0 Å². The third-order valence-electron chi connectivity index (χ3n) is 1.98. The Morgan fingerprint density at radius 2 is 1.94 bits per heavy atom. The summed E-state index contributed by atoms with van der Waals surface area (Å²) in [6, 6.07) is 4.28. The Morgan fingerprint density at radius 1 is 1.25 bits per heavy atom. The molecule has 0 amide bonds. The first-order chi connectivity index (χ1) is 7.68. The van der Waals surface area contributed by atoms with Crippen LogP contribution in [0.15, 0.2) is 30.6 Å². The number of H-pyrrole nitrogens is 1. The van der Waals surface area contributed by atoms with Gasteiger partial charge in [-0.25, -0.2) is 4.79 Å². The van der Waals surface area contributed by atoms with Gasteiger partial charge in [-0.05, 0) is 12.1 Å². The normalized spacial score (nSPS) is 10.0. The van der Waals surface area contributed by atoms with Gasteiger partial charge in [0.05, 0.1) is 0 Å². The molecule has 2 heterocycles. The summed E-state index contributed by atoms with van der Waals surface area (Å²) in [4.78, 5) is 26.1. The van der Waals surface area contributed by atoms with Crippen molar-refractivity contribution in [3.05, 3.63) is 47.5 Å². The third kappa shape index (κ3) is 1.81. The Bertz CT molecular complexity index is 533. The Morgan fingerprint density at radius 3 is 2.50 bits per heavy atom. The minimum absolute atomic E-state index is 0.0728. The minimum Gasteiger partial charge on any atom is -0.477 e. The molecule has 16 heavy (non-hydrogen) atoms. The van der Waals surface area contributed by atoms with Gasteiger partial charge in [-0.15, -0.1) is 0 Å². The molecule has 0 fully saturated rings. The van der Waals surface area contributed by atoms with Crippen molar-refractivity contribution in [2.45, 2.75) is 0 Å². The molecule has 6 heteroatoms. The van der Waals surface area contributed by atoms with Crippen LogP contribution in [0.25, 0.3) is 0 Å². The molecule has 2 N–H and O–H groups in total. The van der Waals surface area contributed by atoms with E-state index < -0.39 is 5.97 Å². The van der Waals surface area contributed by atoms with Gasteiger partial charge in [-0.2, -0.15) is 5.10 Å². The topological polar surface area (TPSA) is 95.9 Å². The van der Waals surface area contributed by atoms with E-state index in [0.717, 1.165) is 0 Å². The van der Waals surface area contributed by atoms with E-state index in [1.807, 2.05) is 0 Å². The third-order valence-corrected chi connectivity index (χ3v) is 1.98. The van der Waals surface area contributed by atoms with Crippen molar-refractivity contribution in [1.29, 1.82) is 0 Å². The van der Waals surface area contributed by atoms with Crippen LogP contribution >= 0.6 is 0 Å². The lowest BCUT2D eigenvalue weighted by Gasteiger charge is -1.94. The van der Waals surface area contributed by atoms with Crippen LogP contribution in [-0.2, 0) is 0 Å². The van der Waals surface area contributed by atoms with E-state index >= 15 is 0 Å². The van der Waals surface area contributed by atoms with Gasteiger partial charge in [-0.3, -0.25) is 14.9 Å². The molecule has 0 unspecified atom stereocenters. The fourth-order valence-electron chi connectivity index (χ4n) is 1.20. The molecule has 0 aliphatic heterocycles. The van der Waals surface area contributed by atoms with E-state index in [4.69, 9.17) is 5.11 Å². The minimum atomic E-state index is -1.15. The molecular formula is C10H7N3O3. The van der Waals surface area contributed by atoms with Crippen molar-refractivity contribution in [1.82, 2.24) is 15.2 Å². The van der Waals surface area contributed by atoms with Gasteiger partial charge in [-0.1, -0.05) is 0 Å². The zero-order valence-corrected chi connectivity index (χ0v) is 8.04. The molecule has 80 valence electrons. The number of rotatable bonds is 3. The highest BCUT2D eigenvalue weighted by atomic mass is 16.4. The van der Waals surface area contributed by atoms with Crippen LogP contribution in [0.2, 0.25) is 0 Å². The largest absolute Gasteiger partial charge is 0.477 e. The molecule has 0 aliphatic rings. The predicted octanol–water partition coefficient (Wildman–Crippen LogP) is 0.734. The summed E-state index contributed by atoms with van der Waals surface area (Å²) in [6.07, 6.45) is 2.97. The van der Waals surface area contributed by atoms with E-state index in [-0.39, 0.29) is 17.2 Å². The Balaban J connectivity index is 2.31. The Kier molecular flexibility index (Phi) is 2.47. The lowest BCUT2D eigenvalue weighted by atomic mass is 10.1. The molecule has 6 nitrogen and oxygen atoms in total. The number of carbonyl (C=O) groups excluding carboxylic acids is 1. The van der Waals surface area contributed by atoms with Crippen LogP contribution in [0.4, 0.5) is 0 Å². The number of nitrogens with one attached hydrogen (secondary N) is 1. The SMILES string of the molecule is O=C(c1ccncc1)c1cc(C(=O)O)[nH]n1. The average molecular weight is 217 g/mol. The van der Waals surface area contributed by atoms with E-state index in [1.165, 1.54) is 30.6 Å². The molecule has 2 aromatic heterocycles.